The summed E-state index contributed by atoms with van der Waals surface area (Å²) < 4.78 is 0.943. The summed E-state index contributed by atoms with van der Waals surface area (Å²) in [7, 11) is 1.64. The highest BCUT2D eigenvalue weighted by Gasteiger charge is 2.21. The van der Waals surface area contributed by atoms with E-state index in [9.17, 15) is 4.79 Å². The Morgan fingerprint density at radius 1 is 1.26 bits per heavy atom. The molecule has 3 aromatic rings. The molecule has 1 aliphatic heterocycles. The fraction of sp³-hybridized carbons (Fsp3) is 0.381. The Labute approximate surface area is 167 Å². The molecular weight excluding hydrogens is 374 g/mol. The monoisotopic (exact) mass is 397 g/mol. The lowest BCUT2D eigenvalue weighted by Gasteiger charge is -2.20. The highest BCUT2D eigenvalue weighted by Crippen LogP contribution is 2.37. The van der Waals surface area contributed by atoms with Crippen LogP contribution in [-0.2, 0) is 6.42 Å². The van der Waals surface area contributed by atoms with Crippen molar-refractivity contribution in [2.45, 2.75) is 26.2 Å². The number of hydrogen-bond donors (Lipinski definition) is 1. The number of aromatic nitrogens is 2. The van der Waals surface area contributed by atoms with Gasteiger partial charge in [-0.05, 0) is 55.2 Å². The molecule has 0 saturated carbocycles. The second-order valence-corrected chi connectivity index (χ2v) is 9.28. The van der Waals surface area contributed by atoms with Crippen LogP contribution in [0.4, 0.5) is 0 Å². The fourth-order valence-corrected chi connectivity index (χ4v) is 5.83. The summed E-state index contributed by atoms with van der Waals surface area (Å²) >= 11 is 3.67. The van der Waals surface area contributed by atoms with Gasteiger partial charge in [-0.2, -0.15) is 16.9 Å². The van der Waals surface area contributed by atoms with Crippen molar-refractivity contribution in [3.05, 3.63) is 47.3 Å². The van der Waals surface area contributed by atoms with Gasteiger partial charge in [-0.15, -0.1) is 16.4 Å². The minimum Gasteiger partial charge on any atom is -0.354 e. The molecule has 2 aromatic heterocycles. The third-order valence-corrected chi connectivity index (χ3v) is 7.52. The van der Waals surface area contributed by atoms with E-state index in [4.69, 9.17) is 0 Å². The molecular formula is C21H23N3OS2. The number of fused-ring (bicyclic) bond motifs is 1. The molecule has 1 aliphatic rings. The van der Waals surface area contributed by atoms with Gasteiger partial charge >= 0.3 is 0 Å². The molecule has 1 N–H and O–H groups in total. The first-order valence-electron chi connectivity index (χ1n) is 9.31. The molecule has 4 nitrogen and oxygen atoms in total. The first kappa shape index (κ1) is 18.4. The van der Waals surface area contributed by atoms with Crippen LogP contribution in [0.25, 0.3) is 20.5 Å². The number of hydrogen-bond acceptors (Lipinski definition) is 5. The number of aryl methyl sites for hydroxylation is 1. The number of thioether (sulfide) groups is 1. The molecule has 0 aliphatic carbocycles. The van der Waals surface area contributed by atoms with E-state index in [1.54, 1.807) is 18.4 Å². The van der Waals surface area contributed by atoms with Gasteiger partial charge in [0, 0.05) is 17.3 Å². The fourth-order valence-electron chi connectivity index (χ4n) is 3.51. The number of amides is 1. The summed E-state index contributed by atoms with van der Waals surface area (Å²) in [6.45, 7) is 2.09. The zero-order chi connectivity index (χ0) is 18.8. The van der Waals surface area contributed by atoms with E-state index in [2.05, 4.69) is 52.8 Å². The molecule has 1 fully saturated rings. The normalized spacial score (nSPS) is 17.2. The maximum Gasteiger partial charge on any atom is 0.273 e. The van der Waals surface area contributed by atoms with Gasteiger partial charge in [-0.25, -0.2) is 0 Å². The third kappa shape index (κ3) is 3.87. The Kier molecular flexibility index (Phi) is 5.45. The second kappa shape index (κ2) is 7.98. The smallest absolute Gasteiger partial charge is 0.273 e. The number of carbonyl (C=O) groups is 1. The summed E-state index contributed by atoms with van der Waals surface area (Å²) in [5.74, 6) is 2.93. The standard InChI is InChI=1S/C21H23N3OS2/c1-13-5-7-15(8-6-13)18-11-16-17(10-14-4-3-9-26-12-14)23-24-19(20(16)27-18)21(25)22-2/h5-8,11,14H,3-4,9-10,12H2,1-2H3,(H,22,25). The van der Waals surface area contributed by atoms with Crippen LogP contribution in [0.2, 0.25) is 0 Å². The van der Waals surface area contributed by atoms with Crippen molar-refractivity contribution in [1.82, 2.24) is 15.5 Å². The van der Waals surface area contributed by atoms with Crippen LogP contribution in [0.1, 0.15) is 34.6 Å². The van der Waals surface area contributed by atoms with E-state index in [0.29, 0.717) is 11.6 Å². The Hall–Kier alpha value is -1.92. The second-order valence-electron chi connectivity index (χ2n) is 7.08. The van der Waals surface area contributed by atoms with E-state index in [-0.39, 0.29) is 5.91 Å². The van der Waals surface area contributed by atoms with Crippen LogP contribution < -0.4 is 5.32 Å². The third-order valence-electron chi connectivity index (χ3n) is 5.04. The molecule has 0 spiro atoms. The lowest BCUT2D eigenvalue weighted by molar-refractivity contribution is 0.0959. The first-order valence-corrected chi connectivity index (χ1v) is 11.3. The SMILES string of the molecule is CNC(=O)c1nnc(CC2CCCSC2)c2cc(-c3ccc(C)cc3)sc12. The number of rotatable bonds is 4. The van der Waals surface area contributed by atoms with Crippen molar-refractivity contribution < 1.29 is 4.79 Å². The Morgan fingerprint density at radius 2 is 2.07 bits per heavy atom. The molecule has 0 bridgehead atoms. The molecule has 3 heterocycles. The zero-order valence-corrected chi connectivity index (χ0v) is 17.3. The number of thiophene rings is 1. The summed E-state index contributed by atoms with van der Waals surface area (Å²) in [5, 5.41) is 12.6. The molecule has 6 heteroatoms. The van der Waals surface area contributed by atoms with Crippen LogP contribution in [-0.4, -0.2) is 34.7 Å². The molecule has 27 heavy (non-hydrogen) atoms. The Balaban J connectivity index is 1.79. The zero-order valence-electron chi connectivity index (χ0n) is 15.6. The Morgan fingerprint density at radius 3 is 2.78 bits per heavy atom. The van der Waals surface area contributed by atoms with Crippen LogP contribution in [0.5, 0.6) is 0 Å². The van der Waals surface area contributed by atoms with Crippen molar-refractivity contribution in [1.29, 1.82) is 0 Å². The van der Waals surface area contributed by atoms with Gasteiger partial charge in [0.05, 0.1) is 10.4 Å². The van der Waals surface area contributed by atoms with Gasteiger partial charge in [0.25, 0.3) is 5.91 Å². The molecule has 0 radical (unpaired) electrons. The molecule has 1 amide bonds. The van der Waals surface area contributed by atoms with Crippen molar-refractivity contribution in [3.63, 3.8) is 0 Å². The minimum atomic E-state index is -0.176. The summed E-state index contributed by atoms with van der Waals surface area (Å²) in [4.78, 5) is 13.5. The van der Waals surface area contributed by atoms with E-state index in [1.165, 1.54) is 35.5 Å². The highest BCUT2D eigenvalue weighted by atomic mass is 32.2. The lowest BCUT2D eigenvalue weighted by Crippen LogP contribution is -2.21. The summed E-state index contributed by atoms with van der Waals surface area (Å²) in [5.41, 5.74) is 3.87. The molecule has 140 valence electrons. The molecule has 4 rings (SSSR count). The van der Waals surface area contributed by atoms with Crippen LogP contribution in [0.15, 0.2) is 30.3 Å². The number of benzene rings is 1. The predicted octanol–water partition coefficient (Wildman–Crippen LogP) is 4.71. The summed E-state index contributed by atoms with van der Waals surface area (Å²) in [6.07, 6.45) is 3.47. The average Bonchev–Trinajstić information content (AvgIpc) is 3.15. The average molecular weight is 398 g/mol. The van der Waals surface area contributed by atoms with Gasteiger partial charge in [-0.1, -0.05) is 29.8 Å². The molecule has 1 unspecified atom stereocenters. The number of nitrogens with zero attached hydrogens (tertiary/aromatic N) is 2. The first-order chi connectivity index (χ1) is 13.2. The van der Waals surface area contributed by atoms with Crippen LogP contribution in [0, 0.1) is 12.8 Å². The quantitative estimate of drug-likeness (QED) is 0.693. The van der Waals surface area contributed by atoms with Crippen LogP contribution in [0.3, 0.4) is 0 Å². The maximum atomic E-state index is 12.3. The van der Waals surface area contributed by atoms with Gasteiger partial charge < -0.3 is 5.32 Å². The van der Waals surface area contributed by atoms with Crippen LogP contribution >= 0.6 is 23.1 Å². The molecule has 1 atom stereocenters. The number of carbonyl (C=O) groups excluding carboxylic acids is 1. The predicted molar refractivity (Wildman–Crippen MR) is 115 cm³/mol. The van der Waals surface area contributed by atoms with Gasteiger partial charge in [0.15, 0.2) is 5.69 Å². The maximum absolute atomic E-state index is 12.3. The van der Waals surface area contributed by atoms with Gasteiger partial charge in [-0.3, -0.25) is 4.79 Å². The van der Waals surface area contributed by atoms with Crippen molar-refractivity contribution in [2.75, 3.05) is 18.6 Å². The highest BCUT2D eigenvalue weighted by molar-refractivity contribution is 7.99. The lowest BCUT2D eigenvalue weighted by atomic mass is 9.97. The van der Waals surface area contributed by atoms with Crippen molar-refractivity contribution >= 4 is 39.1 Å². The molecule has 1 saturated heterocycles. The number of nitrogens with one attached hydrogen (secondary N) is 1. The minimum absolute atomic E-state index is 0.176. The van der Waals surface area contributed by atoms with Crippen molar-refractivity contribution in [3.8, 4) is 10.4 Å². The Bertz CT molecular complexity index is 959. The van der Waals surface area contributed by atoms with Gasteiger partial charge in [0.1, 0.15) is 0 Å². The van der Waals surface area contributed by atoms with E-state index < -0.39 is 0 Å². The largest absolute Gasteiger partial charge is 0.354 e. The van der Waals surface area contributed by atoms with E-state index >= 15 is 0 Å². The molecule has 1 aromatic carbocycles. The van der Waals surface area contributed by atoms with Crippen molar-refractivity contribution in [2.24, 2.45) is 5.92 Å². The van der Waals surface area contributed by atoms with Gasteiger partial charge in [0.2, 0.25) is 0 Å². The topological polar surface area (TPSA) is 54.9 Å². The summed E-state index contributed by atoms with van der Waals surface area (Å²) in [6, 6.07) is 10.7. The van der Waals surface area contributed by atoms with E-state index in [1.807, 2.05) is 11.8 Å². The van der Waals surface area contributed by atoms with E-state index in [0.717, 1.165) is 27.1 Å².